The maximum Gasteiger partial charge on any atom is 0.259 e. The molecule has 0 aliphatic carbocycles. The quantitative estimate of drug-likeness (QED) is 0.400. The number of terminal acetylenes is 1. The van der Waals surface area contributed by atoms with Gasteiger partial charge in [-0.15, -0.1) is 22.9 Å². The first-order valence-corrected chi connectivity index (χ1v) is 10.9. The van der Waals surface area contributed by atoms with E-state index in [-0.39, 0.29) is 23.3 Å². The molecule has 5 rings (SSSR count). The highest BCUT2D eigenvalue weighted by molar-refractivity contribution is 7.19. The van der Waals surface area contributed by atoms with Crippen LogP contribution in [0.15, 0.2) is 67.0 Å². The maximum absolute atomic E-state index is 13.2. The number of anilines is 1. The van der Waals surface area contributed by atoms with E-state index in [1.54, 1.807) is 29.8 Å². The second-order valence-electron chi connectivity index (χ2n) is 7.41. The van der Waals surface area contributed by atoms with Gasteiger partial charge in [0.25, 0.3) is 5.91 Å². The van der Waals surface area contributed by atoms with Gasteiger partial charge in [0.05, 0.1) is 6.04 Å². The minimum atomic E-state index is -0.315. The van der Waals surface area contributed by atoms with E-state index in [9.17, 15) is 4.79 Å². The highest BCUT2D eigenvalue weighted by Gasteiger charge is 2.24. The Hall–Kier alpha value is -4.15. The molecule has 0 saturated carbocycles. The van der Waals surface area contributed by atoms with E-state index in [4.69, 9.17) is 12.2 Å². The lowest BCUT2D eigenvalue weighted by Crippen LogP contribution is -2.27. The van der Waals surface area contributed by atoms with Crippen molar-refractivity contribution in [3.63, 3.8) is 0 Å². The standard InChI is InChI=1S/C25H19N5OS/c1-3-16-10-11-19-18(14-16)20(17-8-5-4-6-9-17)22(32-19)15(2)28-25(31)21-23(26)29-30-13-7-12-27-24(21)30/h1,4-15H,2H3,(H2,26,29)(H,28,31)/t15-/m0/s1. The van der Waals surface area contributed by atoms with E-state index < -0.39 is 0 Å². The third kappa shape index (κ3) is 3.27. The van der Waals surface area contributed by atoms with Crippen molar-refractivity contribution >= 4 is 38.8 Å². The van der Waals surface area contributed by atoms with Gasteiger partial charge in [-0.05, 0) is 36.8 Å². The van der Waals surface area contributed by atoms with Crippen molar-refractivity contribution in [2.75, 3.05) is 5.73 Å². The van der Waals surface area contributed by atoms with Crippen LogP contribution in [-0.4, -0.2) is 20.5 Å². The predicted octanol–water partition coefficient (Wildman–Crippen LogP) is 4.67. The van der Waals surface area contributed by atoms with E-state index in [1.807, 2.05) is 43.3 Å². The molecule has 0 aliphatic rings. The Bertz CT molecular complexity index is 1510. The highest BCUT2D eigenvalue weighted by atomic mass is 32.1. The first-order valence-electron chi connectivity index (χ1n) is 10.0. The monoisotopic (exact) mass is 437 g/mol. The molecule has 2 aromatic carbocycles. The van der Waals surface area contributed by atoms with Crippen molar-refractivity contribution in [1.82, 2.24) is 19.9 Å². The van der Waals surface area contributed by atoms with Gasteiger partial charge < -0.3 is 11.1 Å². The van der Waals surface area contributed by atoms with Crippen LogP contribution in [-0.2, 0) is 0 Å². The van der Waals surface area contributed by atoms with Gasteiger partial charge in [-0.2, -0.15) is 0 Å². The Morgan fingerprint density at radius 1 is 1.22 bits per heavy atom. The Balaban J connectivity index is 1.59. The molecule has 0 radical (unpaired) electrons. The summed E-state index contributed by atoms with van der Waals surface area (Å²) in [5, 5.41) is 8.35. The Labute approximate surface area is 188 Å². The highest BCUT2D eigenvalue weighted by Crippen LogP contribution is 2.42. The lowest BCUT2D eigenvalue weighted by Gasteiger charge is -2.15. The van der Waals surface area contributed by atoms with E-state index >= 15 is 0 Å². The van der Waals surface area contributed by atoms with E-state index in [2.05, 4.69) is 33.5 Å². The largest absolute Gasteiger partial charge is 0.381 e. The number of benzene rings is 2. The molecule has 0 bridgehead atoms. The molecule has 3 aromatic heterocycles. The number of nitrogens with zero attached hydrogens (tertiary/aromatic N) is 3. The number of aromatic nitrogens is 3. The van der Waals surface area contributed by atoms with Gasteiger partial charge in [0.2, 0.25) is 0 Å². The summed E-state index contributed by atoms with van der Waals surface area (Å²) < 4.78 is 2.61. The maximum atomic E-state index is 13.2. The zero-order valence-electron chi connectivity index (χ0n) is 17.2. The summed E-state index contributed by atoms with van der Waals surface area (Å²) in [6.45, 7) is 1.96. The van der Waals surface area contributed by atoms with Gasteiger partial charge in [-0.25, -0.2) is 9.50 Å². The van der Waals surface area contributed by atoms with Crippen molar-refractivity contribution in [3.05, 3.63) is 83.0 Å². The van der Waals surface area contributed by atoms with Crippen LogP contribution in [0.1, 0.15) is 33.8 Å². The molecule has 5 aromatic rings. The lowest BCUT2D eigenvalue weighted by atomic mass is 9.98. The van der Waals surface area contributed by atoms with Crippen LogP contribution in [0.2, 0.25) is 0 Å². The van der Waals surface area contributed by atoms with Crippen LogP contribution in [0, 0.1) is 12.3 Å². The molecule has 6 nitrogen and oxygen atoms in total. The minimum Gasteiger partial charge on any atom is -0.381 e. The predicted molar refractivity (Wildman–Crippen MR) is 128 cm³/mol. The molecule has 1 amide bonds. The third-order valence-electron chi connectivity index (χ3n) is 5.33. The average Bonchev–Trinajstić information content (AvgIpc) is 3.36. The van der Waals surface area contributed by atoms with Gasteiger partial charge in [0.15, 0.2) is 11.5 Å². The van der Waals surface area contributed by atoms with Gasteiger partial charge in [0.1, 0.15) is 5.56 Å². The first-order chi connectivity index (χ1) is 15.6. The Morgan fingerprint density at radius 3 is 2.81 bits per heavy atom. The van der Waals surface area contributed by atoms with E-state index in [0.717, 1.165) is 31.7 Å². The van der Waals surface area contributed by atoms with E-state index in [1.165, 1.54) is 4.52 Å². The van der Waals surface area contributed by atoms with Crippen molar-refractivity contribution in [2.45, 2.75) is 13.0 Å². The summed E-state index contributed by atoms with van der Waals surface area (Å²) in [7, 11) is 0. The number of thiophene rings is 1. The van der Waals surface area contributed by atoms with Gasteiger partial charge in [-0.3, -0.25) is 4.79 Å². The van der Waals surface area contributed by atoms with Crippen LogP contribution >= 0.6 is 11.3 Å². The lowest BCUT2D eigenvalue weighted by molar-refractivity contribution is 0.0943. The number of nitrogens with two attached hydrogens (primary N) is 1. The summed E-state index contributed by atoms with van der Waals surface area (Å²) in [6, 6.07) is 17.6. The fraction of sp³-hybridized carbons (Fsp3) is 0.0800. The topological polar surface area (TPSA) is 85.3 Å². The van der Waals surface area contributed by atoms with Gasteiger partial charge in [-0.1, -0.05) is 36.3 Å². The molecule has 3 heterocycles. The number of hydrogen-bond acceptors (Lipinski definition) is 5. The van der Waals surface area contributed by atoms with Crippen LogP contribution in [0.3, 0.4) is 0 Å². The number of fused-ring (bicyclic) bond motifs is 2. The summed E-state index contributed by atoms with van der Waals surface area (Å²) in [5.74, 6) is 2.54. The summed E-state index contributed by atoms with van der Waals surface area (Å²) in [4.78, 5) is 18.5. The number of nitrogens with one attached hydrogen (secondary N) is 1. The number of rotatable bonds is 4. The molecule has 0 saturated heterocycles. The average molecular weight is 438 g/mol. The van der Waals surface area contributed by atoms with Crippen molar-refractivity contribution in [3.8, 4) is 23.5 Å². The van der Waals surface area contributed by atoms with Crippen molar-refractivity contribution < 1.29 is 4.79 Å². The molecule has 0 fully saturated rings. The molecule has 0 spiro atoms. The fourth-order valence-electron chi connectivity index (χ4n) is 3.87. The normalized spacial score (nSPS) is 12.0. The number of amides is 1. The molecule has 0 aliphatic heterocycles. The fourth-order valence-corrected chi connectivity index (χ4v) is 5.08. The molecular weight excluding hydrogens is 418 g/mol. The minimum absolute atomic E-state index is 0.145. The van der Waals surface area contributed by atoms with Crippen LogP contribution in [0.4, 0.5) is 5.82 Å². The number of carbonyl (C=O) groups is 1. The third-order valence-corrected chi connectivity index (χ3v) is 6.69. The van der Waals surface area contributed by atoms with E-state index in [0.29, 0.717) is 5.65 Å². The van der Waals surface area contributed by atoms with Crippen molar-refractivity contribution in [2.24, 2.45) is 0 Å². The number of hydrogen-bond donors (Lipinski definition) is 2. The molecule has 32 heavy (non-hydrogen) atoms. The van der Waals surface area contributed by atoms with Gasteiger partial charge in [0, 0.05) is 38.5 Å². The van der Waals surface area contributed by atoms with Gasteiger partial charge >= 0.3 is 0 Å². The summed E-state index contributed by atoms with van der Waals surface area (Å²) >= 11 is 1.64. The Morgan fingerprint density at radius 2 is 2.03 bits per heavy atom. The second-order valence-corrected chi connectivity index (χ2v) is 8.49. The number of nitrogen functional groups attached to an aromatic ring is 1. The second kappa shape index (κ2) is 7.84. The smallest absolute Gasteiger partial charge is 0.259 e. The molecule has 1 atom stereocenters. The first kappa shape index (κ1) is 19.8. The summed E-state index contributed by atoms with van der Waals surface area (Å²) in [6.07, 6.45) is 8.97. The van der Waals surface area contributed by atoms with Crippen LogP contribution < -0.4 is 11.1 Å². The van der Waals surface area contributed by atoms with Crippen molar-refractivity contribution in [1.29, 1.82) is 0 Å². The summed E-state index contributed by atoms with van der Waals surface area (Å²) in [5.41, 5.74) is 9.69. The van der Waals surface area contributed by atoms with Crippen LogP contribution in [0.5, 0.6) is 0 Å². The molecule has 7 heteroatoms. The zero-order valence-corrected chi connectivity index (χ0v) is 18.1. The zero-order chi connectivity index (χ0) is 22.2. The number of carbonyl (C=O) groups excluding carboxylic acids is 1. The molecule has 156 valence electrons. The molecular formula is C25H19N5OS. The van der Waals surface area contributed by atoms with Crippen LogP contribution in [0.25, 0.3) is 26.9 Å². The molecule has 3 N–H and O–H groups in total. The Kier molecular flexibility index (Phi) is 4.85. The SMILES string of the molecule is C#Cc1ccc2sc([C@H](C)NC(=O)c3c(N)nn4cccnc34)c(-c3ccccc3)c2c1. The molecule has 0 unspecified atom stereocenters.